The third kappa shape index (κ3) is 2.66. The van der Waals surface area contributed by atoms with Gasteiger partial charge in [-0.25, -0.2) is 0 Å². The molecule has 1 fully saturated rings. The topological polar surface area (TPSA) is 32.3 Å². The van der Waals surface area contributed by atoms with Crippen molar-refractivity contribution in [1.29, 1.82) is 0 Å². The second kappa shape index (κ2) is 6.20. The van der Waals surface area contributed by atoms with Crippen molar-refractivity contribution in [2.75, 3.05) is 26.2 Å². The molecule has 0 atom stereocenters. The molecule has 1 N–H and O–H groups in total. The summed E-state index contributed by atoms with van der Waals surface area (Å²) in [5.41, 5.74) is 0.854. The first-order chi connectivity index (χ1) is 9.24. The van der Waals surface area contributed by atoms with Crippen LogP contribution < -0.4 is 5.32 Å². The van der Waals surface area contributed by atoms with Crippen LogP contribution >= 0.6 is 0 Å². The lowest BCUT2D eigenvalue weighted by molar-refractivity contribution is -0.138. The van der Waals surface area contributed by atoms with E-state index < -0.39 is 0 Å². The molecule has 2 rings (SSSR count). The van der Waals surface area contributed by atoms with Gasteiger partial charge in [0.15, 0.2) is 0 Å². The van der Waals surface area contributed by atoms with E-state index >= 15 is 0 Å². The molecule has 1 amide bonds. The lowest BCUT2D eigenvalue weighted by Gasteiger charge is -2.40. The van der Waals surface area contributed by atoms with Crippen molar-refractivity contribution in [2.24, 2.45) is 0 Å². The summed E-state index contributed by atoms with van der Waals surface area (Å²) in [5, 5.41) is 3.37. The Morgan fingerprint density at radius 3 is 2.26 bits per heavy atom. The van der Waals surface area contributed by atoms with Crippen LogP contribution in [0.25, 0.3) is 0 Å². The maximum atomic E-state index is 13.0. The number of carbonyl (C=O) groups excluding carboxylic acids is 1. The average molecular weight is 260 g/mol. The minimum atomic E-state index is -0.321. The molecule has 3 nitrogen and oxygen atoms in total. The number of hydrogen-bond donors (Lipinski definition) is 1. The number of nitrogens with zero attached hydrogens (tertiary/aromatic N) is 1. The lowest BCUT2D eigenvalue weighted by atomic mass is 9.72. The fourth-order valence-electron chi connectivity index (χ4n) is 3.05. The van der Waals surface area contributed by atoms with E-state index in [2.05, 4.69) is 31.3 Å². The molecule has 0 radical (unpaired) electrons. The van der Waals surface area contributed by atoms with Crippen molar-refractivity contribution in [3.05, 3.63) is 35.9 Å². The number of piperidine rings is 1. The molecule has 1 aromatic carbocycles. The number of rotatable bonds is 4. The molecular formula is C16H24N2O. The molecule has 1 aromatic rings. The zero-order valence-corrected chi connectivity index (χ0v) is 12.0. The van der Waals surface area contributed by atoms with Crippen LogP contribution in [0, 0.1) is 0 Å². The minimum Gasteiger partial charge on any atom is -0.342 e. The number of benzene rings is 1. The van der Waals surface area contributed by atoms with E-state index in [1.54, 1.807) is 0 Å². The molecule has 1 aliphatic heterocycles. The van der Waals surface area contributed by atoms with Gasteiger partial charge in [0.05, 0.1) is 5.41 Å². The molecule has 19 heavy (non-hydrogen) atoms. The molecule has 3 heteroatoms. The number of amides is 1. The van der Waals surface area contributed by atoms with E-state index in [1.807, 2.05) is 23.1 Å². The maximum Gasteiger partial charge on any atom is 0.233 e. The molecule has 0 saturated carbocycles. The Morgan fingerprint density at radius 2 is 1.74 bits per heavy atom. The summed E-state index contributed by atoms with van der Waals surface area (Å²) in [5.74, 6) is 0.296. The molecule has 0 bridgehead atoms. The monoisotopic (exact) mass is 260 g/mol. The van der Waals surface area contributed by atoms with Crippen LogP contribution in [0.15, 0.2) is 30.3 Å². The highest BCUT2D eigenvalue weighted by Gasteiger charge is 2.42. The van der Waals surface area contributed by atoms with Crippen LogP contribution in [-0.4, -0.2) is 37.0 Å². The Morgan fingerprint density at radius 1 is 1.16 bits per heavy atom. The third-order valence-corrected chi connectivity index (χ3v) is 4.24. The zero-order chi connectivity index (χ0) is 13.7. The van der Waals surface area contributed by atoms with Gasteiger partial charge in [0.1, 0.15) is 0 Å². The predicted octanol–water partition coefficient (Wildman–Crippen LogP) is 2.18. The Balaban J connectivity index is 2.37. The van der Waals surface area contributed by atoms with Gasteiger partial charge < -0.3 is 10.2 Å². The first-order valence-electron chi connectivity index (χ1n) is 7.30. The molecule has 0 spiro atoms. The van der Waals surface area contributed by atoms with E-state index in [4.69, 9.17) is 0 Å². The second-order valence-corrected chi connectivity index (χ2v) is 5.18. The maximum absolute atomic E-state index is 13.0. The molecule has 1 saturated heterocycles. The molecule has 0 aliphatic carbocycles. The van der Waals surface area contributed by atoms with Gasteiger partial charge in [-0.2, -0.15) is 0 Å². The van der Waals surface area contributed by atoms with Gasteiger partial charge in [0.2, 0.25) is 5.91 Å². The van der Waals surface area contributed by atoms with E-state index in [1.165, 1.54) is 5.56 Å². The van der Waals surface area contributed by atoms with Crippen molar-refractivity contribution in [3.8, 4) is 0 Å². The van der Waals surface area contributed by atoms with Crippen molar-refractivity contribution in [3.63, 3.8) is 0 Å². The highest BCUT2D eigenvalue weighted by Crippen LogP contribution is 2.35. The molecule has 0 unspecified atom stereocenters. The fourth-order valence-corrected chi connectivity index (χ4v) is 3.05. The fraction of sp³-hybridized carbons (Fsp3) is 0.562. The van der Waals surface area contributed by atoms with Crippen LogP contribution in [0.3, 0.4) is 0 Å². The summed E-state index contributed by atoms with van der Waals surface area (Å²) in [6, 6.07) is 10.3. The summed E-state index contributed by atoms with van der Waals surface area (Å²) in [6.45, 7) is 7.53. The Kier molecular flexibility index (Phi) is 4.59. The van der Waals surface area contributed by atoms with Crippen LogP contribution in [0.4, 0.5) is 0 Å². The van der Waals surface area contributed by atoms with Gasteiger partial charge >= 0.3 is 0 Å². The zero-order valence-electron chi connectivity index (χ0n) is 12.0. The number of hydrogen-bond acceptors (Lipinski definition) is 2. The first kappa shape index (κ1) is 14.1. The van der Waals surface area contributed by atoms with Crippen LogP contribution in [0.2, 0.25) is 0 Å². The van der Waals surface area contributed by atoms with E-state index in [-0.39, 0.29) is 5.41 Å². The highest BCUT2D eigenvalue weighted by atomic mass is 16.2. The van der Waals surface area contributed by atoms with Gasteiger partial charge in [-0.3, -0.25) is 4.79 Å². The van der Waals surface area contributed by atoms with Gasteiger partial charge in [-0.1, -0.05) is 30.3 Å². The minimum absolute atomic E-state index is 0.296. The quantitative estimate of drug-likeness (QED) is 0.900. The van der Waals surface area contributed by atoms with E-state index in [9.17, 15) is 4.79 Å². The third-order valence-electron chi connectivity index (χ3n) is 4.24. The molecule has 1 aliphatic rings. The summed E-state index contributed by atoms with van der Waals surface area (Å²) in [6.07, 6.45) is 1.79. The van der Waals surface area contributed by atoms with Crippen molar-refractivity contribution >= 4 is 5.91 Å². The highest BCUT2D eigenvalue weighted by molar-refractivity contribution is 5.88. The van der Waals surface area contributed by atoms with Crippen molar-refractivity contribution in [1.82, 2.24) is 10.2 Å². The van der Waals surface area contributed by atoms with Gasteiger partial charge in [0.25, 0.3) is 0 Å². The van der Waals surface area contributed by atoms with Gasteiger partial charge in [0, 0.05) is 13.1 Å². The molecule has 0 aromatic heterocycles. The number of likely N-dealkylation sites (N-methyl/N-ethyl adjacent to an activating group) is 1. The number of nitrogens with one attached hydrogen (secondary N) is 1. The van der Waals surface area contributed by atoms with Crippen LogP contribution in [0.5, 0.6) is 0 Å². The second-order valence-electron chi connectivity index (χ2n) is 5.18. The lowest BCUT2D eigenvalue weighted by Crippen LogP contribution is -2.52. The van der Waals surface area contributed by atoms with Crippen molar-refractivity contribution in [2.45, 2.75) is 32.1 Å². The Bertz CT molecular complexity index is 406. The molecule has 104 valence electrons. The first-order valence-corrected chi connectivity index (χ1v) is 7.30. The predicted molar refractivity (Wildman–Crippen MR) is 78.2 cm³/mol. The number of carbonyl (C=O) groups is 1. The summed E-state index contributed by atoms with van der Waals surface area (Å²) in [4.78, 5) is 15.0. The standard InChI is InChI=1S/C16H24N2O/c1-3-18(4-2)15(19)16(10-12-17-13-11-16)14-8-6-5-7-9-14/h5-9,17H,3-4,10-13H2,1-2H3. The van der Waals surface area contributed by atoms with Crippen LogP contribution in [0.1, 0.15) is 32.3 Å². The van der Waals surface area contributed by atoms with Crippen molar-refractivity contribution < 1.29 is 4.79 Å². The normalized spacial score (nSPS) is 18.0. The summed E-state index contributed by atoms with van der Waals surface area (Å²) >= 11 is 0. The Hall–Kier alpha value is -1.35. The van der Waals surface area contributed by atoms with E-state index in [0.717, 1.165) is 39.0 Å². The van der Waals surface area contributed by atoms with Gasteiger partial charge in [-0.15, -0.1) is 0 Å². The Labute approximate surface area is 116 Å². The SMILES string of the molecule is CCN(CC)C(=O)C1(c2ccccc2)CCNCC1. The average Bonchev–Trinajstić information content (AvgIpc) is 2.50. The van der Waals surface area contributed by atoms with E-state index in [0.29, 0.717) is 5.91 Å². The largest absolute Gasteiger partial charge is 0.342 e. The van der Waals surface area contributed by atoms with Gasteiger partial charge in [-0.05, 0) is 45.3 Å². The molecular weight excluding hydrogens is 236 g/mol. The summed E-state index contributed by atoms with van der Waals surface area (Å²) < 4.78 is 0. The van der Waals surface area contributed by atoms with Crippen LogP contribution in [-0.2, 0) is 10.2 Å². The smallest absolute Gasteiger partial charge is 0.233 e. The summed E-state index contributed by atoms with van der Waals surface area (Å²) in [7, 11) is 0. The molecule has 1 heterocycles.